The van der Waals surface area contributed by atoms with Gasteiger partial charge >= 0.3 is 0 Å². The molecule has 0 atom stereocenters. The summed E-state index contributed by atoms with van der Waals surface area (Å²) in [7, 11) is 0. The number of aromatic nitrogens is 1. The molecule has 0 saturated carbocycles. The number of hydrogen-bond donors (Lipinski definition) is 2. The lowest BCUT2D eigenvalue weighted by Gasteiger charge is -2.08. The quantitative estimate of drug-likeness (QED) is 0.508. The van der Waals surface area contributed by atoms with E-state index in [2.05, 4.69) is 47.8 Å². The SMILES string of the molecule is Cc1cc(NC(=O)CSCC(=O)Nc2ccc(Sc3ccc(C)c(C)c3)cc2)no1. The van der Waals surface area contributed by atoms with Crippen LogP contribution in [-0.4, -0.2) is 28.5 Å². The van der Waals surface area contributed by atoms with Crippen LogP contribution < -0.4 is 10.6 Å². The maximum Gasteiger partial charge on any atom is 0.235 e. The fourth-order valence-corrected chi connectivity index (χ4v) is 4.09. The van der Waals surface area contributed by atoms with Gasteiger partial charge in [-0.15, -0.1) is 11.8 Å². The molecule has 2 amide bonds. The minimum Gasteiger partial charge on any atom is -0.360 e. The van der Waals surface area contributed by atoms with Crippen molar-refractivity contribution in [2.45, 2.75) is 30.6 Å². The van der Waals surface area contributed by atoms with Crippen LogP contribution in [0, 0.1) is 20.8 Å². The van der Waals surface area contributed by atoms with E-state index in [-0.39, 0.29) is 23.3 Å². The van der Waals surface area contributed by atoms with E-state index in [1.54, 1.807) is 24.8 Å². The maximum absolute atomic E-state index is 12.1. The van der Waals surface area contributed by atoms with Gasteiger partial charge < -0.3 is 15.2 Å². The van der Waals surface area contributed by atoms with Crippen LogP contribution in [0.5, 0.6) is 0 Å². The smallest absolute Gasteiger partial charge is 0.235 e. The number of benzene rings is 2. The highest BCUT2D eigenvalue weighted by Gasteiger charge is 2.09. The van der Waals surface area contributed by atoms with Crippen LogP contribution >= 0.6 is 23.5 Å². The number of anilines is 2. The van der Waals surface area contributed by atoms with Crippen molar-refractivity contribution < 1.29 is 14.1 Å². The van der Waals surface area contributed by atoms with E-state index in [0.717, 1.165) is 10.6 Å². The van der Waals surface area contributed by atoms with Gasteiger partial charge in [0, 0.05) is 21.5 Å². The lowest BCUT2D eigenvalue weighted by molar-refractivity contribution is -0.114. The maximum atomic E-state index is 12.1. The minimum absolute atomic E-state index is 0.153. The molecule has 2 N–H and O–H groups in total. The summed E-state index contributed by atoms with van der Waals surface area (Å²) in [5.41, 5.74) is 3.28. The highest BCUT2D eigenvalue weighted by atomic mass is 32.2. The third-order valence-electron chi connectivity index (χ3n) is 4.21. The van der Waals surface area contributed by atoms with Crippen molar-refractivity contribution in [3.63, 3.8) is 0 Å². The Kier molecular flexibility index (Phi) is 7.59. The van der Waals surface area contributed by atoms with Crippen LogP contribution in [0.2, 0.25) is 0 Å². The van der Waals surface area contributed by atoms with Gasteiger partial charge in [0.25, 0.3) is 0 Å². The second kappa shape index (κ2) is 10.4. The van der Waals surface area contributed by atoms with Crippen LogP contribution in [0.15, 0.2) is 62.8 Å². The molecule has 1 aromatic heterocycles. The molecule has 8 heteroatoms. The number of rotatable bonds is 8. The van der Waals surface area contributed by atoms with Crippen molar-refractivity contribution in [3.8, 4) is 0 Å². The first-order chi connectivity index (χ1) is 14.4. The topological polar surface area (TPSA) is 84.2 Å². The Morgan fingerprint density at radius 3 is 2.17 bits per heavy atom. The van der Waals surface area contributed by atoms with Gasteiger partial charge in [-0.2, -0.15) is 0 Å². The molecule has 0 aliphatic heterocycles. The molecule has 0 unspecified atom stereocenters. The second-order valence-corrected chi connectivity index (χ2v) is 8.92. The van der Waals surface area contributed by atoms with Crippen molar-refractivity contribution in [2.24, 2.45) is 0 Å². The highest BCUT2D eigenvalue weighted by molar-refractivity contribution is 8.00. The third kappa shape index (κ3) is 6.67. The first kappa shape index (κ1) is 22.0. The Morgan fingerprint density at radius 2 is 1.53 bits per heavy atom. The van der Waals surface area contributed by atoms with E-state index < -0.39 is 0 Å². The normalized spacial score (nSPS) is 10.6. The predicted molar refractivity (Wildman–Crippen MR) is 122 cm³/mol. The van der Waals surface area contributed by atoms with E-state index in [9.17, 15) is 9.59 Å². The summed E-state index contributed by atoms with van der Waals surface area (Å²) in [6, 6.07) is 15.8. The monoisotopic (exact) mass is 441 g/mol. The summed E-state index contributed by atoms with van der Waals surface area (Å²) in [4.78, 5) is 26.2. The van der Waals surface area contributed by atoms with Crippen molar-refractivity contribution in [1.29, 1.82) is 0 Å². The molecule has 2 aromatic carbocycles. The Morgan fingerprint density at radius 1 is 0.867 bits per heavy atom. The van der Waals surface area contributed by atoms with E-state index >= 15 is 0 Å². The number of carbonyl (C=O) groups is 2. The average molecular weight is 442 g/mol. The average Bonchev–Trinajstić information content (AvgIpc) is 3.11. The first-order valence-electron chi connectivity index (χ1n) is 9.35. The first-order valence-corrected chi connectivity index (χ1v) is 11.3. The van der Waals surface area contributed by atoms with Gasteiger partial charge in [0.2, 0.25) is 11.8 Å². The molecule has 156 valence electrons. The van der Waals surface area contributed by atoms with Gasteiger partial charge in [0.05, 0.1) is 11.5 Å². The molecule has 6 nitrogen and oxygen atoms in total. The molecule has 3 aromatic rings. The van der Waals surface area contributed by atoms with Crippen molar-refractivity contribution in [2.75, 3.05) is 22.1 Å². The van der Waals surface area contributed by atoms with E-state index in [0.29, 0.717) is 11.6 Å². The van der Waals surface area contributed by atoms with Crippen molar-refractivity contribution in [1.82, 2.24) is 5.16 Å². The number of nitrogens with zero attached hydrogens (tertiary/aromatic N) is 1. The molecule has 0 spiro atoms. The fourth-order valence-electron chi connectivity index (χ4n) is 2.56. The van der Waals surface area contributed by atoms with E-state index in [1.807, 2.05) is 24.3 Å². The van der Waals surface area contributed by atoms with Gasteiger partial charge in [0.1, 0.15) is 5.76 Å². The predicted octanol–water partition coefficient (Wildman–Crippen LogP) is 5.06. The molecular weight excluding hydrogens is 418 g/mol. The van der Waals surface area contributed by atoms with E-state index in [1.165, 1.54) is 27.8 Å². The van der Waals surface area contributed by atoms with Gasteiger partial charge in [-0.3, -0.25) is 9.59 Å². The van der Waals surface area contributed by atoms with Crippen LogP contribution in [0.1, 0.15) is 16.9 Å². The van der Waals surface area contributed by atoms with Crippen molar-refractivity contribution >= 4 is 46.8 Å². The minimum atomic E-state index is -0.228. The summed E-state index contributed by atoms with van der Waals surface area (Å²) >= 11 is 2.92. The van der Waals surface area contributed by atoms with Crippen LogP contribution in [0.25, 0.3) is 0 Å². The van der Waals surface area contributed by atoms with Gasteiger partial charge in [-0.25, -0.2) is 0 Å². The van der Waals surface area contributed by atoms with Crippen LogP contribution in [0.4, 0.5) is 11.5 Å². The molecule has 1 heterocycles. The van der Waals surface area contributed by atoms with Gasteiger partial charge in [-0.05, 0) is 68.3 Å². The summed E-state index contributed by atoms with van der Waals surface area (Å²) in [6.45, 7) is 5.95. The molecule has 0 radical (unpaired) electrons. The molecule has 0 bridgehead atoms. The number of aryl methyl sites for hydroxylation is 3. The Bertz CT molecular complexity index is 1030. The molecular formula is C22H23N3O3S2. The zero-order valence-corrected chi connectivity index (χ0v) is 18.7. The zero-order valence-electron chi connectivity index (χ0n) is 17.0. The number of amides is 2. The standard InChI is InChI=1S/C22H23N3O3S2/c1-14-4-7-19(10-15(14)2)30-18-8-5-17(6-9-18)23-21(26)12-29-13-22(27)24-20-11-16(3)28-25-20/h4-11H,12-13H2,1-3H3,(H,23,26)(H,24,25,27). The van der Waals surface area contributed by atoms with Crippen LogP contribution in [-0.2, 0) is 9.59 Å². The number of hydrogen-bond acceptors (Lipinski definition) is 6. The molecule has 3 rings (SSSR count). The molecule has 0 fully saturated rings. The van der Waals surface area contributed by atoms with Crippen molar-refractivity contribution in [3.05, 3.63) is 65.4 Å². The molecule has 0 saturated heterocycles. The molecule has 0 aliphatic carbocycles. The lowest BCUT2D eigenvalue weighted by Crippen LogP contribution is -2.18. The third-order valence-corrected chi connectivity index (χ3v) is 6.14. The number of carbonyl (C=O) groups excluding carboxylic acids is 2. The molecule has 0 aliphatic rings. The summed E-state index contributed by atoms with van der Waals surface area (Å²) in [6.07, 6.45) is 0. The van der Waals surface area contributed by atoms with Gasteiger partial charge in [-0.1, -0.05) is 23.0 Å². The summed E-state index contributed by atoms with van der Waals surface area (Å²) < 4.78 is 4.89. The Labute approximate surface area is 184 Å². The zero-order chi connectivity index (χ0) is 21.5. The lowest BCUT2D eigenvalue weighted by atomic mass is 10.1. The molecule has 30 heavy (non-hydrogen) atoms. The van der Waals surface area contributed by atoms with Gasteiger partial charge in [0.15, 0.2) is 5.82 Å². The Hall–Kier alpha value is -2.71. The highest BCUT2D eigenvalue weighted by Crippen LogP contribution is 2.29. The summed E-state index contributed by atoms with van der Waals surface area (Å²) in [5, 5.41) is 9.17. The second-order valence-electron chi connectivity index (χ2n) is 6.78. The fraction of sp³-hybridized carbons (Fsp3) is 0.227. The van der Waals surface area contributed by atoms with E-state index in [4.69, 9.17) is 4.52 Å². The number of thioether (sulfide) groups is 1. The largest absolute Gasteiger partial charge is 0.360 e. The Balaban J connectivity index is 1.41. The van der Waals surface area contributed by atoms with Crippen LogP contribution in [0.3, 0.4) is 0 Å². The number of nitrogens with one attached hydrogen (secondary N) is 2. The summed E-state index contributed by atoms with van der Waals surface area (Å²) in [5.74, 6) is 0.959.